The van der Waals surface area contributed by atoms with Gasteiger partial charge in [-0.05, 0) is 17.4 Å². The third-order valence-electron chi connectivity index (χ3n) is 3.40. The summed E-state index contributed by atoms with van der Waals surface area (Å²) in [4.78, 5) is 24.3. The van der Waals surface area contributed by atoms with Gasteiger partial charge in [0.25, 0.3) is 10.0 Å². The van der Waals surface area contributed by atoms with Crippen LogP contribution in [0.15, 0.2) is 52.1 Å². The molecule has 0 spiro atoms. The molecular weight excluding hydrogens is 362 g/mol. The summed E-state index contributed by atoms with van der Waals surface area (Å²) in [5, 5.41) is 1.63. The Labute approximate surface area is 150 Å². The Kier molecular flexibility index (Phi) is 6.46. The van der Waals surface area contributed by atoms with Crippen molar-refractivity contribution in [1.29, 1.82) is 0 Å². The molecule has 0 radical (unpaired) electrons. The Hall–Kier alpha value is -2.03. The van der Waals surface area contributed by atoms with Gasteiger partial charge in [-0.3, -0.25) is 9.59 Å². The third kappa shape index (κ3) is 5.22. The van der Waals surface area contributed by atoms with E-state index in [-0.39, 0.29) is 15.9 Å². The lowest BCUT2D eigenvalue weighted by Gasteiger charge is -2.20. The molecule has 0 fully saturated rings. The fourth-order valence-corrected chi connectivity index (χ4v) is 4.37. The van der Waals surface area contributed by atoms with Crippen LogP contribution in [-0.4, -0.2) is 32.8 Å². The van der Waals surface area contributed by atoms with E-state index in [1.165, 1.54) is 6.07 Å². The lowest BCUT2D eigenvalue weighted by atomic mass is 10.1. The smallest absolute Gasteiger partial charge is 0.324 e. The van der Waals surface area contributed by atoms with Crippen molar-refractivity contribution >= 4 is 33.1 Å². The standard InChI is InChI=1S/C17H19NO5S2/c1-12(2)16(18-25(21,22)15-9-6-10-24-15)17(20)23-11-14(19)13-7-4-3-5-8-13/h3-10,12,16,18H,11H2,1-2H3/t16-/m1/s1. The quantitative estimate of drug-likeness (QED) is 0.560. The van der Waals surface area contributed by atoms with E-state index < -0.39 is 28.6 Å². The molecule has 1 N–H and O–H groups in total. The number of benzene rings is 1. The predicted octanol–water partition coefficient (Wildman–Crippen LogP) is 2.48. The minimum Gasteiger partial charge on any atom is -0.456 e. The topological polar surface area (TPSA) is 89.5 Å². The first-order chi connectivity index (χ1) is 11.8. The summed E-state index contributed by atoms with van der Waals surface area (Å²) in [7, 11) is -3.81. The maximum atomic E-state index is 12.3. The summed E-state index contributed by atoms with van der Waals surface area (Å²) in [6.45, 7) is 2.95. The highest BCUT2D eigenvalue weighted by atomic mass is 32.2. The van der Waals surface area contributed by atoms with Crippen LogP contribution >= 0.6 is 11.3 Å². The first-order valence-corrected chi connectivity index (χ1v) is 9.98. The molecule has 2 rings (SSSR count). The number of esters is 1. The summed E-state index contributed by atoms with van der Waals surface area (Å²) in [5.41, 5.74) is 0.426. The predicted molar refractivity (Wildman–Crippen MR) is 95.0 cm³/mol. The molecule has 1 heterocycles. The molecule has 0 amide bonds. The van der Waals surface area contributed by atoms with Gasteiger partial charge in [0.05, 0.1) is 0 Å². The van der Waals surface area contributed by atoms with E-state index in [0.717, 1.165) is 11.3 Å². The Balaban J connectivity index is 2.02. The molecule has 1 aromatic heterocycles. The van der Waals surface area contributed by atoms with Gasteiger partial charge in [-0.1, -0.05) is 50.2 Å². The van der Waals surface area contributed by atoms with Gasteiger partial charge in [-0.25, -0.2) is 8.42 Å². The van der Waals surface area contributed by atoms with E-state index >= 15 is 0 Å². The lowest BCUT2D eigenvalue weighted by Crippen LogP contribution is -2.45. The van der Waals surface area contributed by atoms with E-state index in [4.69, 9.17) is 4.74 Å². The molecule has 0 bridgehead atoms. The molecule has 2 aromatic rings. The molecule has 0 unspecified atom stereocenters. The van der Waals surface area contributed by atoms with Crippen LogP contribution in [0.4, 0.5) is 0 Å². The maximum Gasteiger partial charge on any atom is 0.324 e. The number of carbonyl (C=O) groups excluding carboxylic acids is 2. The van der Waals surface area contributed by atoms with Crippen LogP contribution in [-0.2, 0) is 19.6 Å². The van der Waals surface area contributed by atoms with Gasteiger partial charge in [0.15, 0.2) is 12.4 Å². The van der Waals surface area contributed by atoms with Gasteiger partial charge in [0.2, 0.25) is 0 Å². The van der Waals surface area contributed by atoms with Gasteiger partial charge < -0.3 is 4.74 Å². The molecule has 6 nitrogen and oxygen atoms in total. The fourth-order valence-electron chi connectivity index (χ4n) is 2.03. The van der Waals surface area contributed by atoms with Crippen LogP contribution in [0, 0.1) is 5.92 Å². The van der Waals surface area contributed by atoms with E-state index in [9.17, 15) is 18.0 Å². The number of nitrogens with one attached hydrogen (secondary N) is 1. The third-order valence-corrected chi connectivity index (χ3v) is 6.24. The van der Waals surface area contributed by atoms with Crippen LogP contribution in [0.5, 0.6) is 0 Å². The van der Waals surface area contributed by atoms with Crippen molar-refractivity contribution in [1.82, 2.24) is 4.72 Å². The first kappa shape index (κ1) is 19.3. The molecule has 0 aliphatic heterocycles. The summed E-state index contributed by atoms with van der Waals surface area (Å²) < 4.78 is 32.1. The molecule has 0 saturated heterocycles. The number of hydrogen-bond acceptors (Lipinski definition) is 6. The molecule has 0 saturated carbocycles. The SMILES string of the molecule is CC(C)[C@@H](NS(=O)(=O)c1cccs1)C(=O)OCC(=O)c1ccccc1. The Morgan fingerprint density at radius 3 is 2.36 bits per heavy atom. The minimum atomic E-state index is -3.81. The Bertz CT molecular complexity index is 814. The normalized spacial score (nSPS) is 12.8. The van der Waals surface area contributed by atoms with Crippen LogP contribution in [0.3, 0.4) is 0 Å². The minimum absolute atomic E-state index is 0.117. The Morgan fingerprint density at radius 1 is 1.12 bits per heavy atom. The zero-order valence-corrected chi connectivity index (χ0v) is 15.5. The molecule has 134 valence electrons. The molecule has 0 aliphatic rings. The number of Topliss-reactive ketones (excluding diaryl/α,β-unsaturated/α-hetero) is 1. The zero-order chi connectivity index (χ0) is 18.4. The second-order valence-corrected chi connectivity index (χ2v) is 8.56. The first-order valence-electron chi connectivity index (χ1n) is 7.62. The van der Waals surface area contributed by atoms with Crippen molar-refractivity contribution in [3.8, 4) is 0 Å². The largest absolute Gasteiger partial charge is 0.456 e. The number of ether oxygens (including phenoxy) is 1. The van der Waals surface area contributed by atoms with Gasteiger partial charge in [0.1, 0.15) is 10.3 Å². The van der Waals surface area contributed by atoms with Crippen LogP contribution < -0.4 is 4.72 Å². The summed E-state index contributed by atoms with van der Waals surface area (Å²) in [6.07, 6.45) is 0. The lowest BCUT2D eigenvalue weighted by molar-refractivity contribution is -0.145. The molecule has 1 atom stereocenters. The highest BCUT2D eigenvalue weighted by Crippen LogP contribution is 2.17. The second-order valence-electron chi connectivity index (χ2n) is 5.67. The van der Waals surface area contributed by atoms with Gasteiger partial charge >= 0.3 is 5.97 Å². The summed E-state index contributed by atoms with van der Waals surface area (Å²) >= 11 is 1.05. The van der Waals surface area contributed by atoms with Gasteiger partial charge in [-0.2, -0.15) is 4.72 Å². The van der Waals surface area contributed by atoms with E-state index in [0.29, 0.717) is 5.56 Å². The van der Waals surface area contributed by atoms with Gasteiger partial charge in [0, 0.05) is 5.56 Å². The average molecular weight is 381 g/mol. The second kappa shape index (κ2) is 8.37. The summed E-state index contributed by atoms with van der Waals surface area (Å²) in [5.74, 6) is -1.47. The summed E-state index contributed by atoms with van der Waals surface area (Å²) in [6, 6.07) is 10.4. The zero-order valence-electron chi connectivity index (χ0n) is 13.8. The monoisotopic (exact) mass is 381 g/mol. The van der Waals surface area contributed by atoms with Crippen LogP contribution in [0.25, 0.3) is 0 Å². The van der Waals surface area contributed by atoms with Crippen molar-refractivity contribution in [3.63, 3.8) is 0 Å². The molecular formula is C17H19NO5S2. The number of rotatable bonds is 8. The van der Waals surface area contributed by atoms with Crippen molar-refractivity contribution in [2.75, 3.05) is 6.61 Å². The van der Waals surface area contributed by atoms with Gasteiger partial charge in [-0.15, -0.1) is 11.3 Å². The Morgan fingerprint density at radius 2 is 1.80 bits per heavy atom. The number of hydrogen-bond donors (Lipinski definition) is 1. The highest BCUT2D eigenvalue weighted by Gasteiger charge is 2.30. The number of ketones is 1. The number of carbonyl (C=O) groups is 2. The molecule has 0 aliphatic carbocycles. The van der Waals surface area contributed by atoms with Crippen molar-refractivity contribution in [2.24, 2.45) is 5.92 Å². The number of sulfonamides is 1. The van der Waals surface area contributed by atoms with Crippen molar-refractivity contribution in [2.45, 2.75) is 24.1 Å². The van der Waals surface area contributed by atoms with E-state index in [1.807, 2.05) is 0 Å². The molecule has 1 aromatic carbocycles. The highest BCUT2D eigenvalue weighted by molar-refractivity contribution is 7.91. The van der Waals surface area contributed by atoms with E-state index in [2.05, 4.69) is 4.72 Å². The average Bonchev–Trinajstić information content (AvgIpc) is 3.13. The van der Waals surface area contributed by atoms with Crippen molar-refractivity contribution < 1.29 is 22.7 Å². The molecule has 8 heteroatoms. The number of thiophene rings is 1. The molecule has 25 heavy (non-hydrogen) atoms. The van der Waals surface area contributed by atoms with Crippen LogP contribution in [0.1, 0.15) is 24.2 Å². The maximum absolute atomic E-state index is 12.3. The fraction of sp³-hybridized carbons (Fsp3) is 0.294. The van der Waals surface area contributed by atoms with Crippen molar-refractivity contribution in [3.05, 3.63) is 53.4 Å². The van der Waals surface area contributed by atoms with E-state index in [1.54, 1.807) is 55.6 Å². The van der Waals surface area contributed by atoms with Crippen LogP contribution in [0.2, 0.25) is 0 Å².